The van der Waals surface area contributed by atoms with Gasteiger partial charge in [-0.3, -0.25) is 14.4 Å². The maximum absolute atomic E-state index is 13.9. The second-order valence-corrected chi connectivity index (χ2v) is 10.5. The van der Waals surface area contributed by atoms with Crippen molar-refractivity contribution in [3.63, 3.8) is 0 Å². The summed E-state index contributed by atoms with van der Waals surface area (Å²) >= 11 is 6.48. The van der Waals surface area contributed by atoms with Gasteiger partial charge < -0.3 is 14.7 Å². The molecular weight excluding hydrogens is 510 g/mol. The van der Waals surface area contributed by atoms with Crippen LogP contribution >= 0.6 is 11.6 Å². The Balaban J connectivity index is 1.65. The van der Waals surface area contributed by atoms with Gasteiger partial charge in [0.05, 0.1) is 17.3 Å². The van der Waals surface area contributed by atoms with Crippen LogP contribution in [0.5, 0.6) is 0 Å². The number of aromatic carboxylic acids is 1. The molecule has 1 fully saturated rings. The number of ether oxygens (including phenoxy) is 1. The number of carboxylic acid groups (broad SMARTS) is 1. The van der Waals surface area contributed by atoms with E-state index in [1.54, 1.807) is 59.4 Å². The Morgan fingerprint density at radius 3 is 2.50 bits per heavy atom. The van der Waals surface area contributed by atoms with Crippen molar-refractivity contribution in [1.29, 1.82) is 0 Å². The second kappa shape index (κ2) is 10.8. The first-order chi connectivity index (χ1) is 18.0. The lowest BCUT2D eigenvalue weighted by molar-refractivity contribution is 0.0195. The Labute approximate surface area is 225 Å². The van der Waals surface area contributed by atoms with Gasteiger partial charge in [-0.25, -0.2) is 14.6 Å². The fourth-order valence-electron chi connectivity index (χ4n) is 4.48. The van der Waals surface area contributed by atoms with E-state index in [1.165, 1.54) is 10.9 Å². The molecule has 0 aliphatic carbocycles. The standard InChI is InChI=1S/C27H30ClN5O5/c1-27(2,3)38-26(37)32-14-6-7-19(16-32)33(23-21(28)8-5-13-29-23)24(34)18-11-9-17(10-12-18)20-15-30-31(4)22(20)25(35)36/h5,8-13,15,19H,6-7,14,16H2,1-4H3,(H,35,36)/t19-/m1/s1. The monoisotopic (exact) mass is 539 g/mol. The van der Waals surface area contributed by atoms with E-state index in [0.717, 1.165) is 0 Å². The van der Waals surface area contributed by atoms with E-state index >= 15 is 0 Å². The molecule has 1 N–H and O–H groups in total. The Morgan fingerprint density at radius 1 is 1.16 bits per heavy atom. The van der Waals surface area contributed by atoms with Gasteiger partial charge in [-0.05, 0) is 63.4 Å². The minimum atomic E-state index is -1.09. The van der Waals surface area contributed by atoms with Gasteiger partial charge in [-0.2, -0.15) is 5.10 Å². The van der Waals surface area contributed by atoms with Crippen LogP contribution in [-0.4, -0.2) is 67.5 Å². The molecule has 11 heteroatoms. The third-order valence-corrected chi connectivity index (χ3v) is 6.48. The first-order valence-electron chi connectivity index (χ1n) is 12.2. The molecule has 1 saturated heterocycles. The molecule has 3 heterocycles. The molecule has 3 aromatic rings. The Morgan fingerprint density at radius 2 is 1.87 bits per heavy atom. The summed E-state index contributed by atoms with van der Waals surface area (Å²) in [6.07, 6.45) is 3.93. The number of amides is 2. The summed E-state index contributed by atoms with van der Waals surface area (Å²) in [4.78, 5) is 45.9. The maximum atomic E-state index is 13.9. The van der Waals surface area contributed by atoms with Crippen LogP contribution < -0.4 is 4.90 Å². The van der Waals surface area contributed by atoms with E-state index < -0.39 is 17.7 Å². The fraction of sp³-hybridized carbons (Fsp3) is 0.370. The number of piperidine rings is 1. The van der Waals surface area contributed by atoms with Crippen molar-refractivity contribution in [3.05, 3.63) is 65.1 Å². The summed E-state index contributed by atoms with van der Waals surface area (Å²) < 4.78 is 6.85. The third kappa shape index (κ3) is 5.80. The van der Waals surface area contributed by atoms with Gasteiger partial charge in [0, 0.05) is 37.5 Å². The predicted octanol–water partition coefficient (Wildman–Crippen LogP) is 4.88. The topological polar surface area (TPSA) is 118 Å². The normalized spacial score (nSPS) is 15.7. The minimum absolute atomic E-state index is 0.0513. The van der Waals surface area contributed by atoms with Crippen molar-refractivity contribution >= 4 is 35.4 Å². The summed E-state index contributed by atoms with van der Waals surface area (Å²) in [5.74, 6) is -1.12. The van der Waals surface area contributed by atoms with Crippen LogP contribution in [0.3, 0.4) is 0 Å². The van der Waals surface area contributed by atoms with Gasteiger partial charge >= 0.3 is 12.1 Å². The smallest absolute Gasteiger partial charge is 0.410 e. The lowest BCUT2D eigenvalue weighted by atomic mass is 10.0. The Hall–Kier alpha value is -3.92. The number of aromatic nitrogens is 3. The molecular formula is C27H30ClN5O5. The highest BCUT2D eigenvalue weighted by Crippen LogP contribution is 2.31. The van der Waals surface area contributed by atoms with Crippen LogP contribution in [0.15, 0.2) is 48.8 Å². The highest BCUT2D eigenvalue weighted by Gasteiger charge is 2.35. The molecule has 1 aromatic carbocycles. The summed E-state index contributed by atoms with van der Waals surface area (Å²) in [7, 11) is 1.56. The molecule has 200 valence electrons. The Kier molecular flexibility index (Phi) is 7.73. The highest BCUT2D eigenvalue weighted by atomic mass is 35.5. The molecule has 0 saturated carbocycles. The van der Waals surface area contributed by atoms with Crippen molar-refractivity contribution in [1.82, 2.24) is 19.7 Å². The Bertz CT molecular complexity index is 1350. The van der Waals surface area contributed by atoms with Crippen molar-refractivity contribution in [3.8, 4) is 11.1 Å². The summed E-state index contributed by atoms with van der Waals surface area (Å²) in [6, 6.07) is 9.60. The number of hydrogen-bond acceptors (Lipinski definition) is 6. The predicted molar refractivity (Wildman–Crippen MR) is 142 cm³/mol. The van der Waals surface area contributed by atoms with Gasteiger partial charge in [-0.1, -0.05) is 23.7 Å². The first kappa shape index (κ1) is 27.1. The first-order valence-corrected chi connectivity index (χ1v) is 12.6. The number of likely N-dealkylation sites (tertiary alicyclic amines) is 1. The number of benzene rings is 1. The van der Waals surface area contributed by atoms with E-state index in [9.17, 15) is 19.5 Å². The molecule has 2 amide bonds. The second-order valence-electron chi connectivity index (χ2n) is 10.1. The molecule has 1 atom stereocenters. The van der Waals surface area contributed by atoms with Crippen molar-refractivity contribution in [2.45, 2.75) is 45.3 Å². The number of carbonyl (C=O) groups is 3. The zero-order valence-corrected chi connectivity index (χ0v) is 22.5. The molecule has 0 unspecified atom stereocenters. The number of aryl methyl sites for hydroxylation is 1. The van der Waals surface area contributed by atoms with Gasteiger partial charge in [0.2, 0.25) is 0 Å². The number of pyridine rings is 1. The molecule has 4 rings (SSSR count). The number of nitrogens with zero attached hydrogens (tertiary/aromatic N) is 5. The van der Waals surface area contributed by atoms with Crippen LogP contribution in [0, 0.1) is 0 Å². The molecule has 0 radical (unpaired) electrons. The van der Waals surface area contributed by atoms with Crippen LogP contribution in [0.4, 0.5) is 10.6 Å². The number of rotatable bonds is 5. The maximum Gasteiger partial charge on any atom is 0.410 e. The van der Waals surface area contributed by atoms with E-state index in [1.807, 2.05) is 20.8 Å². The number of halogens is 1. The molecule has 10 nitrogen and oxygen atoms in total. The van der Waals surface area contributed by atoms with Gasteiger partial charge in [0.1, 0.15) is 5.60 Å². The van der Waals surface area contributed by atoms with Gasteiger partial charge in [0.25, 0.3) is 5.91 Å². The van der Waals surface area contributed by atoms with Crippen molar-refractivity contribution < 1.29 is 24.2 Å². The van der Waals surface area contributed by atoms with Crippen LogP contribution in [0.25, 0.3) is 11.1 Å². The third-order valence-electron chi connectivity index (χ3n) is 6.18. The number of anilines is 1. The fourth-order valence-corrected chi connectivity index (χ4v) is 4.69. The zero-order chi connectivity index (χ0) is 27.6. The molecule has 2 aromatic heterocycles. The van der Waals surface area contributed by atoms with Gasteiger partial charge in [-0.15, -0.1) is 0 Å². The van der Waals surface area contributed by atoms with E-state index in [0.29, 0.717) is 46.9 Å². The molecule has 1 aliphatic heterocycles. The lowest BCUT2D eigenvalue weighted by Gasteiger charge is -2.39. The minimum Gasteiger partial charge on any atom is -0.477 e. The number of carbonyl (C=O) groups excluding carboxylic acids is 2. The highest BCUT2D eigenvalue weighted by molar-refractivity contribution is 6.33. The number of carboxylic acids is 1. The molecule has 0 spiro atoms. The zero-order valence-electron chi connectivity index (χ0n) is 21.7. The van der Waals surface area contributed by atoms with Crippen LogP contribution in [-0.2, 0) is 11.8 Å². The van der Waals surface area contributed by atoms with Crippen LogP contribution in [0.2, 0.25) is 5.02 Å². The SMILES string of the molecule is Cn1ncc(-c2ccc(C(=O)N(c3ncccc3Cl)[C@@H]3CCCN(C(=O)OC(C)(C)C)C3)cc2)c1C(=O)O. The van der Waals surface area contributed by atoms with E-state index in [-0.39, 0.29) is 24.2 Å². The van der Waals surface area contributed by atoms with E-state index in [4.69, 9.17) is 16.3 Å². The average Bonchev–Trinajstić information content (AvgIpc) is 3.26. The number of hydrogen-bond donors (Lipinski definition) is 1. The van der Waals surface area contributed by atoms with E-state index in [2.05, 4.69) is 10.1 Å². The summed E-state index contributed by atoms with van der Waals surface area (Å²) in [6.45, 7) is 6.22. The van der Waals surface area contributed by atoms with Crippen LogP contribution in [0.1, 0.15) is 54.5 Å². The molecule has 1 aliphatic rings. The van der Waals surface area contributed by atoms with Crippen molar-refractivity contribution in [2.75, 3.05) is 18.0 Å². The summed E-state index contributed by atoms with van der Waals surface area (Å²) in [5.41, 5.74) is 0.841. The summed E-state index contributed by atoms with van der Waals surface area (Å²) in [5, 5.41) is 13.9. The van der Waals surface area contributed by atoms with Gasteiger partial charge in [0.15, 0.2) is 11.5 Å². The quantitative estimate of drug-likeness (QED) is 0.491. The van der Waals surface area contributed by atoms with Crippen molar-refractivity contribution in [2.24, 2.45) is 7.05 Å². The lowest BCUT2D eigenvalue weighted by Crippen LogP contribution is -2.53. The molecule has 0 bridgehead atoms. The largest absolute Gasteiger partial charge is 0.477 e. The molecule has 38 heavy (non-hydrogen) atoms. The average molecular weight is 540 g/mol.